The lowest BCUT2D eigenvalue weighted by atomic mass is 9.62. The fourth-order valence-electron chi connectivity index (χ4n) is 6.25. The number of carbonyl (C=O) groups excluding carboxylic acids is 1. The molecule has 3 aliphatic rings. The maximum atomic E-state index is 11.4. The Kier molecular flexibility index (Phi) is 7.00. The largest absolute Gasteiger partial charge is 0.504 e. The molecule has 1 fully saturated rings. The average molecular weight is 475 g/mol. The minimum atomic E-state index is -1.44. The van der Waals surface area contributed by atoms with Crippen LogP contribution in [0.4, 0.5) is 0 Å². The number of aliphatic hydroxyl groups is 2. The molecule has 188 valence electrons. The van der Waals surface area contributed by atoms with Gasteiger partial charge in [-0.25, -0.2) is 0 Å². The van der Waals surface area contributed by atoms with Crippen LogP contribution in [0.3, 0.4) is 0 Å². The molecule has 1 heterocycles. The molecule has 0 radical (unpaired) electrons. The van der Waals surface area contributed by atoms with E-state index in [2.05, 4.69) is 33.8 Å². The second-order valence-corrected chi connectivity index (χ2v) is 10.6. The summed E-state index contributed by atoms with van der Waals surface area (Å²) in [7, 11) is 0. The lowest BCUT2D eigenvalue weighted by Gasteiger charge is -2.44. The summed E-state index contributed by atoms with van der Waals surface area (Å²) in [6.07, 6.45) is 0.466. The van der Waals surface area contributed by atoms with Crippen LogP contribution in [0.25, 0.3) is 0 Å². The number of esters is 1. The molecule has 8 atom stereocenters. The smallest absolute Gasteiger partial charge is 0.303 e. The molecule has 1 aliphatic heterocycles. The van der Waals surface area contributed by atoms with Crippen molar-refractivity contribution >= 4 is 5.97 Å². The van der Waals surface area contributed by atoms with Crippen LogP contribution in [0.2, 0.25) is 0 Å². The highest BCUT2D eigenvalue weighted by molar-refractivity contribution is 5.66. The number of aromatic hydroxyl groups is 1. The highest BCUT2D eigenvalue weighted by atomic mass is 16.7. The van der Waals surface area contributed by atoms with Gasteiger partial charge < -0.3 is 29.5 Å². The number of hydrogen-bond donors (Lipinski definition) is 3. The van der Waals surface area contributed by atoms with Gasteiger partial charge in [-0.05, 0) is 74.5 Å². The van der Waals surface area contributed by atoms with Crippen molar-refractivity contribution in [3.05, 3.63) is 33.9 Å². The van der Waals surface area contributed by atoms with Crippen LogP contribution in [0, 0.1) is 12.8 Å². The van der Waals surface area contributed by atoms with Crippen molar-refractivity contribution in [1.29, 1.82) is 0 Å². The Bertz CT molecular complexity index is 980. The van der Waals surface area contributed by atoms with Gasteiger partial charge in [0.25, 0.3) is 0 Å². The van der Waals surface area contributed by atoms with Gasteiger partial charge in [-0.3, -0.25) is 4.79 Å². The minimum Gasteiger partial charge on any atom is -0.504 e. The topological polar surface area (TPSA) is 105 Å². The third-order valence-corrected chi connectivity index (χ3v) is 7.77. The lowest BCUT2D eigenvalue weighted by molar-refractivity contribution is -0.248. The normalized spacial score (nSPS) is 34.7. The van der Waals surface area contributed by atoms with Crippen molar-refractivity contribution < 1.29 is 34.3 Å². The van der Waals surface area contributed by atoms with Gasteiger partial charge in [-0.15, -0.1) is 0 Å². The number of allylic oxidation sites excluding steroid dienone is 2. The molecule has 0 amide bonds. The number of carbonyl (C=O) groups is 1. The fourth-order valence-corrected chi connectivity index (χ4v) is 6.25. The molecule has 0 spiro atoms. The number of rotatable bonds is 4. The monoisotopic (exact) mass is 474 g/mol. The SMILES string of the molecule is CC(=O)O[C@H]1COC(Oc2c(C)c3c4c(c2O)[C@@H](C)CCC4[C@@H](C)C[C@H]3C=C(C)C)[C@@H](O)[C@H]1O. The van der Waals surface area contributed by atoms with Gasteiger partial charge in [0.1, 0.15) is 12.2 Å². The van der Waals surface area contributed by atoms with E-state index in [9.17, 15) is 20.1 Å². The predicted molar refractivity (Wildman–Crippen MR) is 127 cm³/mol. The Balaban J connectivity index is 1.76. The zero-order valence-electron chi connectivity index (χ0n) is 21.0. The van der Waals surface area contributed by atoms with E-state index in [1.807, 2.05) is 6.92 Å². The van der Waals surface area contributed by atoms with E-state index in [1.54, 1.807) is 0 Å². The molecule has 34 heavy (non-hydrogen) atoms. The van der Waals surface area contributed by atoms with Crippen molar-refractivity contribution in [3.63, 3.8) is 0 Å². The second-order valence-electron chi connectivity index (χ2n) is 10.6. The number of phenolic OH excluding ortho intramolecular Hbond substituents is 1. The van der Waals surface area contributed by atoms with E-state index in [1.165, 1.54) is 23.6 Å². The first-order chi connectivity index (χ1) is 16.0. The molecule has 4 rings (SSSR count). The summed E-state index contributed by atoms with van der Waals surface area (Å²) in [6.45, 7) is 11.7. The lowest BCUT2D eigenvalue weighted by Crippen LogP contribution is -2.56. The molecule has 1 aromatic carbocycles. The molecule has 7 heteroatoms. The van der Waals surface area contributed by atoms with Crippen LogP contribution in [-0.4, -0.2) is 52.5 Å². The van der Waals surface area contributed by atoms with E-state index < -0.39 is 30.6 Å². The van der Waals surface area contributed by atoms with E-state index >= 15 is 0 Å². The molecular weight excluding hydrogens is 436 g/mol. The zero-order valence-corrected chi connectivity index (χ0v) is 21.0. The molecule has 0 aromatic heterocycles. The summed E-state index contributed by atoms with van der Waals surface area (Å²) in [5, 5.41) is 32.6. The van der Waals surface area contributed by atoms with Crippen molar-refractivity contribution in [3.8, 4) is 11.5 Å². The summed E-state index contributed by atoms with van der Waals surface area (Å²) in [4.78, 5) is 11.3. The van der Waals surface area contributed by atoms with Gasteiger partial charge in [0, 0.05) is 18.4 Å². The summed E-state index contributed by atoms with van der Waals surface area (Å²) >= 11 is 0. The van der Waals surface area contributed by atoms with Crippen LogP contribution in [0.5, 0.6) is 11.5 Å². The Morgan fingerprint density at radius 3 is 2.41 bits per heavy atom. The highest BCUT2D eigenvalue weighted by Gasteiger charge is 2.44. The molecule has 3 N–H and O–H groups in total. The summed E-state index contributed by atoms with van der Waals surface area (Å²) in [5.74, 6) is 1.16. The van der Waals surface area contributed by atoms with Crippen LogP contribution < -0.4 is 4.74 Å². The quantitative estimate of drug-likeness (QED) is 0.444. The summed E-state index contributed by atoms with van der Waals surface area (Å²) in [5.41, 5.74) is 5.50. The number of hydrogen-bond acceptors (Lipinski definition) is 7. The van der Waals surface area contributed by atoms with E-state index in [0.717, 1.165) is 30.4 Å². The average Bonchev–Trinajstić information content (AvgIpc) is 2.74. The molecule has 1 saturated heterocycles. The first-order valence-electron chi connectivity index (χ1n) is 12.4. The van der Waals surface area contributed by atoms with Gasteiger partial charge in [-0.1, -0.05) is 25.5 Å². The number of ether oxygens (including phenoxy) is 3. The molecule has 0 saturated carbocycles. The van der Waals surface area contributed by atoms with Gasteiger partial charge in [0.15, 0.2) is 17.6 Å². The third-order valence-electron chi connectivity index (χ3n) is 7.77. The number of phenols is 1. The number of benzene rings is 1. The van der Waals surface area contributed by atoms with Crippen molar-refractivity contribution in [2.75, 3.05) is 6.61 Å². The van der Waals surface area contributed by atoms with Crippen molar-refractivity contribution in [1.82, 2.24) is 0 Å². The minimum absolute atomic E-state index is 0.103. The second kappa shape index (κ2) is 9.51. The highest BCUT2D eigenvalue weighted by Crippen LogP contribution is 2.58. The van der Waals surface area contributed by atoms with Crippen LogP contribution in [0.1, 0.15) is 93.9 Å². The summed E-state index contributed by atoms with van der Waals surface area (Å²) in [6, 6.07) is 0. The molecule has 1 aromatic rings. The maximum absolute atomic E-state index is 11.4. The maximum Gasteiger partial charge on any atom is 0.303 e. The van der Waals surface area contributed by atoms with Gasteiger partial charge >= 0.3 is 5.97 Å². The van der Waals surface area contributed by atoms with Gasteiger partial charge in [0.2, 0.25) is 6.29 Å². The van der Waals surface area contributed by atoms with E-state index in [4.69, 9.17) is 14.2 Å². The third kappa shape index (κ3) is 4.34. The predicted octanol–water partition coefficient (Wildman–Crippen LogP) is 4.16. The van der Waals surface area contributed by atoms with E-state index in [-0.39, 0.29) is 24.2 Å². The Morgan fingerprint density at radius 1 is 1.06 bits per heavy atom. The molecule has 2 unspecified atom stereocenters. The Labute approximate surface area is 201 Å². The van der Waals surface area contributed by atoms with Crippen LogP contribution >= 0.6 is 0 Å². The van der Waals surface area contributed by atoms with Crippen LogP contribution in [0.15, 0.2) is 11.6 Å². The number of aliphatic hydroxyl groups excluding tert-OH is 2. The molecular formula is C27H38O7. The Morgan fingerprint density at radius 2 is 1.76 bits per heavy atom. The molecule has 0 bridgehead atoms. The zero-order chi connectivity index (χ0) is 24.9. The molecule has 2 aliphatic carbocycles. The first kappa shape index (κ1) is 25.0. The fraction of sp³-hybridized carbons (Fsp3) is 0.667. The standard InChI is InChI=1S/C27H38O7/c1-12(2)9-17-10-14(4)18-8-7-13(3)20-22(18)21(17)15(5)26(24(20)30)34-27-25(31)23(29)19(11-32-27)33-16(6)28/h9,13-14,17-19,23,25,27,29-31H,7-8,10-11H2,1-6H3/t13-,14-,17+,18?,19-,23-,25-,27?/m0/s1. The first-order valence-corrected chi connectivity index (χ1v) is 12.4. The van der Waals surface area contributed by atoms with Gasteiger partial charge in [0.05, 0.1) is 6.61 Å². The van der Waals surface area contributed by atoms with Gasteiger partial charge in [-0.2, -0.15) is 0 Å². The Hall–Kier alpha value is -2.09. The van der Waals surface area contributed by atoms with Crippen LogP contribution in [-0.2, 0) is 14.3 Å². The van der Waals surface area contributed by atoms with Crippen molar-refractivity contribution in [2.24, 2.45) is 5.92 Å². The van der Waals surface area contributed by atoms with E-state index in [0.29, 0.717) is 17.6 Å². The van der Waals surface area contributed by atoms with Crippen molar-refractivity contribution in [2.45, 2.75) is 103 Å². The molecule has 7 nitrogen and oxygen atoms in total. The summed E-state index contributed by atoms with van der Waals surface area (Å²) < 4.78 is 16.8.